The number of hydrogen-bond donors (Lipinski definition) is 1. The fourth-order valence-corrected chi connectivity index (χ4v) is 3.27. The predicted octanol–water partition coefficient (Wildman–Crippen LogP) is 2.51. The Hall–Kier alpha value is -1.85. The Labute approximate surface area is 155 Å². The van der Waals surface area contributed by atoms with Gasteiger partial charge in [0.25, 0.3) is 0 Å². The number of nitrogens with one attached hydrogen (secondary N) is 1. The molecule has 0 spiro atoms. The molecule has 1 unspecified atom stereocenters. The number of rotatable bonds is 5. The molecule has 25 heavy (non-hydrogen) atoms. The number of benzene rings is 1. The third-order valence-electron chi connectivity index (χ3n) is 4.78. The van der Waals surface area contributed by atoms with Gasteiger partial charge in [0.2, 0.25) is 5.91 Å². The lowest BCUT2D eigenvalue weighted by Crippen LogP contribution is -2.49. The van der Waals surface area contributed by atoms with Crippen molar-refractivity contribution in [1.29, 1.82) is 0 Å². The van der Waals surface area contributed by atoms with Gasteiger partial charge in [-0.1, -0.05) is 31.2 Å². The van der Waals surface area contributed by atoms with Crippen molar-refractivity contribution in [3.05, 3.63) is 53.6 Å². The quantitative estimate of drug-likeness (QED) is 0.889. The monoisotopic (exact) mass is 362 g/mol. The Morgan fingerprint density at radius 3 is 2.64 bits per heavy atom. The molecule has 1 atom stereocenters. The zero-order chi connectivity index (χ0) is 16.9. The van der Waals surface area contributed by atoms with Gasteiger partial charge in [-0.15, -0.1) is 12.4 Å². The summed E-state index contributed by atoms with van der Waals surface area (Å²) in [6.07, 6.45) is 6.11. The summed E-state index contributed by atoms with van der Waals surface area (Å²) in [6, 6.07) is 8.61. The van der Waals surface area contributed by atoms with E-state index in [2.05, 4.69) is 41.5 Å². The van der Waals surface area contributed by atoms with Crippen LogP contribution in [0, 0.1) is 0 Å². The normalized spacial score (nSPS) is 17.2. The van der Waals surface area contributed by atoms with Gasteiger partial charge in [0.15, 0.2) is 0 Å². The van der Waals surface area contributed by atoms with Crippen LogP contribution in [0.3, 0.4) is 0 Å². The molecule has 1 saturated heterocycles. The van der Waals surface area contributed by atoms with Crippen molar-refractivity contribution >= 4 is 18.3 Å². The maximum absolute atomic E-state index is 12.8. The minimum absolute atomic E-state index is 0. The smallest absolute Gasteiger partial charge is 0.223 e. The molecule has 1 aromatic heterocycles. The maximum atomic E-state index is 12.8. The molecule has 1 N–H and O–H groups in total. The molecule has 136 valence electrons. The van der Waals surface area contributed by atoms with Crippen molar-refractivity contribution < 1.29 is 4.79 Å². The van der Waals surface area contributed by atoms with Gasteiger partial charge in [0.1, 0.15) is 11.9 Å². The van der Waals surface area contributed by atoms with E-state index in [4.69, 9.17) is 0 Å². The largest absolute Gasteiger partial charge is 0.336 e. The highest BCUT2D eigenvalue weighted by Gasteiger charge is 2.29. The van der Waals surface area contributed by atoms with Gasteiger partial charge in [0, 0.05) is 45.5 Å². The predicted molar refractivity (Wildman–Crippen MR) is 102 cm³/mol. The first kappa shape index (κ1) is 19.5. The van der Waals surface area contributed by atoms with Crippen LogP contribution in [-0.2, 0) is 24.7 Å². The number of imidazole rings is 1. The number of hydrogen-bond acceptors (Lipinski definition) is 3. The number of halogens is 1. The first-order valence-electron chi connectivity index (χ1n) is 8.74. The van der Waals surface area contributed by atoms with Gasteiger partial charge in [-0.2, -0.15) is 0 Å². The van der Waals surface area contributed by atoms with Gasteiger partial charge in [-0.3, -0.25) is 4.79 Å². The number of amides is 1. The van der Waals surface area contributed by atoms with Gasteiger partial charge < -0.3 is 14.8 Å². The minimum atomic E-state index is 0. The molecular weight excluding hydrogens is 336 g/mol. The number of aryl methyl sites for hydroxylation is 3. The second-order valence-corrected chi connectivity index (χ2v) is 6.37. The molecule has 1 amide bonds. The average Bonchev–Trinajstić information content (AvgIpc) is 3.06. The van der Waals surface area contributed by atoms with Crippen molar-refractivity contribution in [3.63, 3.8) is 0 Å². The van der Waals surface area contributed by atoms with Crippen LogP contribution in [-0.4, -0.2) is 40.0 Å². The summed E-state index contributed by atoms with van der Waals surface area (Å²) in [5, 5.41) is 3.37. The molecule has 1 aliphatic heterocycles. The molecule has 1 fully saturated rings. The van der Waals surface area contributed by atoms with E-state index in [1.165, 1.54) is 11.1 Å². The summed E-state index contributed by atoms with van der Waals surface area (Å²) >= 11 is 0. The highest BCUT2D eigenvalue weighted by atomic mass is 35.5. The van der Waals surface area contributed by atoms with Gasteiger partial charge in [0.05, 0.1) is 0 Å². The van der Waals surface area contributed by atoms with E-state index < -0.39 is 0 Å². The molecule has 0 aliphatic carbocycles. The van der Waals surface area contributed by atoms with Crippen LogP contribution in [0.1, 0.15) is 36.3 Å². The Morgan fingerprint density at radius 2 is 2.00 bits per heavy atom. The van der Waals surface area contributed by atoms with Crippen LogP contribution < -0.4 is 5.32 Å². The molecule has 0 saturated carbocycles. The lowest BCUT2D eigenvalue weighted by atomic mass is 10.0. The Kier molecular flexibility index (Phi) is 7.02. The van der Waals surface area contributed by atoms with Crippen molar-refractivity contribution in [2.45, 2.75) is 32.2 Å². The lowest BCUT2D eigenvalue weighted by molar-refractivity contribution is -0.134. The molecular formula is C19H27ClN4O. The average molecular weight is 363 g/mol. The number of carbonyl (C=O) groups excluding carboxylic acids is 1. The van der Waals surface area contributed by atoms with Crippen LogP contribution in [0.2, 0.25) is 0 Å². The van der Waals surface area contributed by atoms with Gasteiger partial charge in [-0.05, 0) is 24.0 Å². The van der Waals surface area contributed by atoms with E-state index in [9.17, 15) is 4.79 Å². The number of aromatic nitrogens is 2. The van der Waals surface area contributed by atoms with Crippen molar-refractivity contribution in [2.24, 2.45) is 7.05 Å². The van der Waals surface area contributed by atoms with Gasteiger partial charge in [-0.25, -0.2) is 4.98 Å². The molecule has 2 heterocycles. The van der Waals surface area contributed by atoms with Crippen LogP contribution in [0.25, 0.3) is 0 Å². The summed E-state index contributed by atoms with van der Waals surface area (Å²) < 4.78 is 2.00. The Balaban J connectivity index is 0.00000225. The molecule has 0 radical (unpaired) electrons. The van der Waals surface area contributed by atoms with Gasteiger partial charge >= 0.3 is 0 Å². The zero-order valence-corrected chi connectivity index (χ0v) is 15.8. The van der Waals surface area contributed by atoms with Crippen LogP contribution in [0.15, 0.2) is 36.7 Å². The topological polar surface area (TPSA) is 50.2 Å². The second kappa shape index (κ2) is 9.02. The van der Waals surface area contributed by atoms with E-state index in [1.807, 2.05) is 22.7 Å². The van der Waals surface area contributed by atoms with Crippen LogP contribution in [0.5, 0.6) is 0 Å². The summed E-state index contributed by atoms with van der Waals surface area (Å²) in [7, 11) is 1.98. The summed E-state index contributed by atoms with van der Waals surface area (Å²) in [5.74, 6) is 1.16. The Morgan fingerprint density at radius 1 is 1.28 bits per heavy atom. The van der Waals surface area contributed by atoms with E-state index in [0.29, 0.717) is 6.42 Å². The number of piperazine rings is 1. The highest BCUT2D eigenvalue weighted by molar-refractivity contribution is 5.85. The SMILES string of the molecule is CCc1ccc(CCC(=O)N2CCNCC2c2nccn2C)cc1.Cl. The number of nitrogens with zero attached hydrogens (tertiary/aromatic N) is 3. The molecule has 3 rings (SSSR count). The third kappa shape index (κ3) is 4.61. The van der Waals surface area contributed by atoms with Crippen LogP contribution >= 0.6 is 12.4 Å². The molecule has 2 aromatic rings. The van der Waals surface area contributed by atoms with Crippen LogP contribution in [0.4, 0.5) is 0 Å². The van der Waals surface area contributed by atoms with Crippen molar-refractivity contribution in [2.75, 3.05) is 19.6 Å². The molecule has 1 aliphatic rings. The standard InChI is InChI=1S/C19H26N4O.ClH/c1-3-15-4-6-16(7-5-15)8-9-18(24)23-13-10-20-14-17(23)19-21-11-12-22(19)2;/h4-7,11-12,17,20H,3,8-10,13-14H2,1-2H3;1H. The van der Waals surface area contributed by atoms with E-state index >= 15 is 0 Å². The summed E-state index contributed by atoms with van der Waals surface area (Å²) in [6.45, 7) is 4.51. The second-order valence-electron chi connectivity index (χ2n) is 6.37. The number of carbonyl (C=O) groups is 1. The summed E-state index contributed by atoms with van der Waals surface area (Å²) in [4.78, 5) is 19.2. The first-order chi connectivity index (χ1) is 11.7. The van der Waals surface area contributed by atoms with E-state index in [0.717, 1.165) is 38.3 Å². The van der Waals surface area contributed by atoms with E-state index in [-0.39, 0.29) is 24.4 Å². The highest BCUT2D eigenvalue weighted by Crippen LogP contribution is 2.21. The van der Waals surface area contributed by atoms with E-state index in [1.54, 1.807) is 6.20 Å². The zero-order valence-electron chi connectivity index (χ0n) is 14.9. The fraction of sp³-hybridized carbons (Fsp3) is 0.474. The molecule has 1 aromatic carbocycles. The molecule has 5 nitrogen and oxygen atoms in total. The molecule has 6 heteroatoms. The summed E-state index contributed by atoms with van der Waals surface area (Å²) in [5.41, 5.74) is 2.56. The first-order valence-corrected chi connectivity index (χ1v) is 8.74. The Bertz CT molecular complexity index is 683. The van der Waals surface area contributed by atoms with Crippen molar-refractivity contribution in [3.8, 4) is 0 Å². The minimum Gasteiger partial charge on any atom is -0.336 e. The lowest BCUT2D eigenvalue weighted by Gasteiger charge is -2.35. The maximum Gasteiger partial charge on any atom is 0.223 e. The third-order valence-corrected chi connectivity index (χ3v) is 4.78. The van der Waals surface area contributed by atoms with Crippen molar-refractivity contribution in [1.82, 2.24) is 19.8 Å². The molecule has 0 bridgehead atoms. The fourth-order valence-electron chi connectivity index (χ4n) is 3.27.